The molecule has 0 aliphatic heterocycles. The average molecular weight is 263 g/mol. The van der Waals surface area contributed by atoms with Crippen molar-refractivity contribution in [1.82, 2.24) is 15.5 Å². The van der Waals surface area contributed by atoms with Gasteiger partial charge in [0.1, 0.15) is 0 Å². The fraction of sp³-hybridized carbons (Fsp3) is 0.385. The van der Waals surface area contributed by atoms with Gasteiger partial charge in [0.2, 0.25) is 0 Å². The highest BCUT2D eigenvalue weighted by Gasteiger charge is 2.30. The first-order valence-electron chi connectivity index (χ1n) is 6.13. The van der Waals surface area contributed by atoms with Crippen LogP contribution in [0.1, 0.15) is 23.8 Å². The van der Waals surface area contributed by atoms with Gasteiger partial charge in [-0.05, 0) is 12.5 Å². The van der Waals surface area contributed by atoms with E-state index < -0.39 is 11.4 Å². The highest BCUT2D eigenvalue weighted by molar-refractivity contribution is 6.04. The van der Waals surface area contributed by atoms with E-state index >= 15 is 0 Å². The predicted octanol–water partition coefficient (Wildman–Crippen LogP) is 0.426. The molecule has 2 aromatic rings. The molecule has 102 valence electrons. The van der Waals surface area contributed by atoms with Gasteiger partial charge in [0.15, 0.2) is 5.69 Å². The number of H-pyrrole nitrogens is 1. The van der Waals surface area contributed by atoms with Crippen molar-refractivity contribution in [1.29, 1.82) is 0 Å². The number of rotatable bonds is 5. The van der Waals surface area contributed by atoms with Crippen LogP contribution in [0, 0.1) is 0 Å². The summed E-state index contributed by atoms with van der Waals surface area (Å²) in [6.45, 7) is 1.14. The summed E-state index contributed by atoms with van der Waals surface area (Å²) in [5, 5.41) is 28.8. The second-order valence-corrected chi connectivity index (χ2v) is 4.52. The van der Waals surface area contributed by atoms with Gasteiger partial charge < -0.3 is 15.5 Å². The van der Waals surface area contributed by atoms with Gasteiger partial charge in [0.05, 0.1) is 24.3 Å². The first kappa shape index (κ1) is 13.5. The van der Waals surface area contributed by atoms with Crippen molar-refractivity contribution < 1.29 is 15.0 Å². The van der Waals surface area contributed by atoms with E-state index in [1.165, 1.54) is 0 Å². The van der Waals surface area contributed by atoms with Crippen LogP contribution in [0.5, 0.6) is 0 Å². The summed E-state index contributed by atoms with van der Waals surface area (Å²) < 4.78 is 0. The molecule has 0 fully saturated rings. The minimum Gasteiger partial charge on any atom is -0.394 e. The number of hydrogen-bond donors (Lipinski definition) is 4. The summed E-state index contributed by atoms with van der Waals surface area (Å²) in [6.07, 6.45) is 0.425. The number of benzene rings is 1. The number of amides is 1. The lowest BCUT2D eigenvalue weighted by atomic mass is 9.98. The van der Waals surface area contributed by atoms with Gasteiger partial charge in [-0.1, -0.05) is 25.1 Å². The lowest BCUT2D eigenvalue weighted by molar-refractivity contribution is 0.0650. The zero-order valence-electron chi connectivity index (χ0n) is 10.7. The predicted molar refractivity (Wildman–Crippen MR) is 70.8 cm³/mol. The van der Waals surface area contributed by atoms with E-state index in [9.17, 15) is 15.0 Å². The summed E-state index contributed by atoms with van der Waals surface area (Å²) in [6, 6.07) is 7.28. The van der Waals surface area contributed by atoms with Crippen molar-refractivity contribution in [3.63, 3.8) is 0 Å². The molecule has 1 heterocycles. The molecule has 4 N–H and O–H groups in total. The molecule has 19 heavy (non-hydrogen) atoms. The second kappa shape index (κ2) is 5.38. The van der Waals surface area contributed by atoms with Gasteiger partial charge in [-0.2, -0.15) is 5.10 Å². The summed E-state index contributed by atoms with van der Waals surface area (Å²) in [5.41, 5.74) is 0.00926. The largest absolute Gasteiger partial charge is 0.394 e. The average Bonchev–Trinajstić information content (AvgIpc) is 2.89. The Bertz CT molecular complexity index is 567. The molecule has 0 aliphatic carbocycles. The van der Waals surface area contributed by atoms with Crippen LogP contribution in [0.2, 0.25) is 0 Å². The highest BCUT2D eigenvalue weighted by atomic mass is 16.3. The van der Waals surface area contributed by atoms with Crippen LogP contribution in [0.4, 0.5) is 0 Å². The van der Waals surface area contributed by atoms with Crippen molar-refractivity contribution in [3.8, 4) is 0 Å². The van der Waals surface area contributed by atoms with Crippen LogP contribution in [0.25, 0.3) is 10.9 Å². The first-order valence-corrected chi connectivity index (χ1v) is 6.13. The second-order valence-electron chi connectivity index (χ2n) is 4.52. The minimum atomic E-state index is -1.02. The van der Waals surface area contributed by atoms with Crippen molar-refractivity contribution in [2.75, 3.05) is 13.2 Å². The Hall–Kier alpha value is -1.92. The maximum Gasteiger partial charge on any atom is 0.273 e. The van der Waals surface area contributed by atoms with E-state index in [-0.39, 0.29) is 18.9 Å². The lowest BCUT2D eigenvalue weighted by Crippen LogP contribution is -2.53. The number of hydrogen-bond acceptors (Lipinski definition) is 4. The van der Waals surface area contributed by atoms with Crippen LogP contribution < -0.4 is 5.32 Å². The maximum atomic E-state index is 12.2. The minimum absolute atomic E-state index is 0.260. The first-order chi connectivity index (χ1) is 9.15. The third kappa shape index (κ3) is 2.45. The normalized spacial score (nSPS) is 11.7. The number of fused-ring (bicyclic) bond motifs is 1. The van der Waals surface area contributed by atoms with Crippen molar-refractivity contribution >= 4 is 16.8 Å². The van der Waals surface area contributed by atoms with Gasteiger partial charge in [0.25, 0.3) is 5.91 Å². The molecule has 0 saturated heterocycles. The quantitative estimate of drug-likeness (QED) is 0.628. The molecule has 1 aromatic heterocycles. The molecular weight excluding hydrogens is 246 g/mol. The molecule has 0 spiro atoms. The van der Waals surface area contributed by atoms with Crippen molar-refractivity contribution in [2.45, 2.75) is 18.9 Å². The van der Waals surface area contributed by atoms with Crippen LogP contribution >= 0.6 is 0 Å². The van der Waals surface area contributed by atoms with Gasteiger partial charge >= 0.3 is 0 Å². The maximum absolute atomic E-state index is 12.2. The number of nitrogens with one attached hydrogen (secondary N) is 2. The number of para-hydroxylation sites is 1. The fourth-order valence-electron chi connectivity index (χ4n) is 1.88. The Labute approximate surface area is 110 Å². The van der Waals surface area contributed by atoms with Crippen LogP contribution in [0.3, 0.4) is 0 Å². The third-order valence-corrected chi connectivity index (χ3v) is 3.35. The zero-order chi connectivity index (χ0) is 13.9. The monoisotopic (exact) mass is 263 g/mol. The molecule has 2 rings (SSSR count). The SMILES string of the molecule is CCC(CO)(CO)NC(=O)c1n[nH]c2ccccc12. The summed E-state index contributed by atoms with van der Waals surface area (Å²) >= 11 is 0. The summed E-state index contributed by atoms with van der Waals surface area (Å²) in [4.78, 5) is 12.2. The number of carbonyl (C=O) groups excluding carboxylic acids is 1. The zero-order valence-corrected chi connectivity index (χ0v) is 10.7. The molecule has 0 atom stereocenters. The standard InChI is InChI=1S/C13H17N3O3/c1-2-13(7-17,8-18)14-12(19)11-9-5-3-4-6-10(9)15-16-11/h3-6,17-18H,2,7-8H2,1H3,(H,14,19)(H,15,16). The summed E-state index contributed by atoms with van der Waals surface area (Å²) in [7, 11) is 0. The molecule has 0 saturated carbocycles. The number of aliphatic hydroxyl groups excluding tert-OH is 2. The van der Waals surface area contributed by atoms with Gasteiger partial charge in [0, 0.05) is 5.39 Å². The van der Waals surface area contributed by atoms with Gasteiger partial charge in [-0.15, -0.1) is 0 Å². The Morgan fingerprint density at radius 2 is 2.05 bits per heavy atom. The highest BCUT2D eigenvalue weighted by Crippen LogP contribution is 2.16. The van der Waals surface area contributed by atoms with Crippen molar-refractivity contribution in [2.24, 2.45) is 0 Å². The van der Waals surface area contributed by atoms with E-state index in [0.717, 1.165) is 5.52 Å². The van der Waals surface area contributed by atoms with E-state index in [1.807, 2.05) is 18.2 Å². The topological polar surface area (TPSA) is 98.2 Å². The van der Waals surface area contributed by atoms with E-state index in [1.54, 1.807) is 13.0 Å². The molecule has 1 amide bonds. The Kier molecular flexibility index (Phi) is 3.82. The number of aliphatic hydroxyl groups is 2. The Morgan fingerprint density at radius 1 is 1.37 bits per heavy atom. The smallest absolute Gasteiger partial charge is 0.273 e. The van der Waals surface area contributed by atoms with Gasteiger partial charge in [-0.3, -0.25) is 9.89 Å². The van der Waals surface area contributed by atoms with Gasteiger partial charge in [-0.25, -0.2) is 0 Å². The fourth-order valence-corrected chi connectivity index (χ4v) is 1.88. The molecule has 6 heteroatoms. The van der Waals surface area contributed by atoms with E-state index in [2.05, 4.69) is 15.5 Å². The molecule has 0 aliphatic rings. The number of carbonyl (C=O) groups is 1. The molecular formula is C13H17N3O3. The van der Waals surface area contributed by atoms with Crippen molar-refractivity contribution in [3.05, 3.63) is 30.0 Å². The summed E-state index contributed by atoms with van der Waals surface area (Å²) in [5.74, 6) is -0.414. The molecule has 1 aromatic carbocycles. The molecule has 0 unspecified atom stereocenters. The Balaban J connectivity index is 2.29. The number of nitrogens with zero attached hydrogens (tertiary/aromatic N) is 1. The lowest BCUT2D eigenvalue weighted by Gasteiger charge is -2.29. The third-order valence-electron chi connectivity index (χ3n) is 3.35. The van der Waals surface area contributed by atoms with E-state index in [0.29, 0.717) is 11.8 Å². The van der Waals surface area contributed by atoms with Crippen LogP contribution in [-0.4, -0.2) is 45.1 Å². The number of aromatic nitrogens is 2. The Morgan fingerprint density at radius 3 is 2.68 bits per heavy atom. The molecule has 0 bridgehead atoms. The number of aromatic amines is 1. The van der Waals surface area contributed by atoms with Crippen LogP contribution in [-0.2, 0) is 0 Å². The molecule has 0 radical (unpaired) electrons. The van der Waals surface area contributed by atoms with Crippen LogP contribution in [0.15, 0.2) is 24.3 Å². The molecule has 6 nitrogen and oxygen atoms in total. The van der Waals surface area contributed by atoms with E-state index in [4.69, 9.17) is 0 Å².